The predicted octanol–water partition coefficient (Wildman–Crippen LogP) is 2.22. The Bertz CT molecular complexity index is 724. The van der Waals surface area contributed by atoms with Gasteiger partial charge < -0.3 is 16.0 Å². The first-order valence-electron chi connectivity index (χ1n) is 8.70. The molecular weight excluding hydrogens is 326 g/mol. The van der Waals surface area contributed by atoms with E-state index in [0.717, 1.165) is 5.56 Å². The van der Waals surface area contributed by atoms with Gasteiger partial charge in [0.25, 0.3) is 5.91 Å². The summed E-state index contributed by atoms with van der Waals surface area (Å²) in [6, 6.07) is 18.0. The molecule has 0 saturated heterocycles. The molecule has 1 atom stereocenters. The molecule has 0 aliphatic rings. The van der Waals surface area contributed by atoms with E-state index in [2.05, 4.69) is 5.32 Å². The van der Waals surface area contributed by atoms with Gasteiger partial charge in [-0.25, -0.2) is 0 Å². The fourth-order valence-electron chi connectivity index (χ4n) is 2.60. The van der Waals surface area contributed by atoms with Crippen molar-refractivity contribution in [3.63, 3.8) is 0 Å². The topological polar surface area (TPSA) is 75.4 Å². The van der Waals surface area contributed by atoms with E-state index >= 15 is 0 Å². The lowest BCUT2D eigenvalue weighted by Crippen LogP contribution is -2.53. The van der Waals surface area contributed by atoms with Crippen molar-refractivity contribution in [2.45, 2.75) is 31.8 Å². The minimum absolute atomic E-state index is 0.186. The molecule has 0 fully saturated rings. The van der Waals surface area contributed by atoms with E-state index in [1.165, 1.54) is 4.90 Å². The van der Waals surface area contributed by atoms with E-state index in [-0.39, 0.29) is 11.8 Å². The van der Waals surface area contributed by atoms with Crippen molar-refractivity contribution in [2.24, 2.45) is 5.73 Å². The van der Waals surface area contributed by atoms with Crippen molar-refractivity contribution >= 4 is 11.8 Å². The Morgan fingerprint density at radius 1 is 1.04 bits per heavy atom. The van der Waals surface area contributed by atoms with Crippen LogP contribution in [-0.2, 0) is 11.2 Å². The number of nitrogens with two attached hydrogens (primary N) is 1. The number of hydrogen-bond donors (Lipinski definition) is 2. The number of amides is 2. The van der Waals surface area contributed by atoms with Gasteiger partial charge in [0.1, 0.15) is 6.04 Å². The van der Waals surface area contributed by atoms with Crippen molar-refractivity contribution in [1.29, 1.82) is 0 Å². The average molecular weight is 353 g/mol. The van der Waals surface area contributed by atoms with Crippen LogP contribution in [0, 0.1) is 0 Å². The van der Waals surface area contributed by atoms with Crippen LogP contribution in [0.2, 0.25) is 0 Å². The number of nitrogens with one attached hydrogen (secondary N) is 1. The number of rotatable bonds is 7. The molecule has 2 rings (SSSR count). The van der Waals surface area contributed by atoms with E-state index in [9.17, 15) is 9.59 Å². The Morgan fingerprint density at radius 2 is 1.58 bits per heavy atom. The Hall–Kier alpha value is -2.66. The molecule has 0 heterocycles. The van der Waals surface area contributed by atoms with Gasteiger partial charge in [0.05, 0.1) is 0 Å². The van der Waals surface area contributed by atoms with E-state index < -0.39 is 11.6 Å². The van der Waals surface area contributed by atoms with Crippen molar-refractivity contribution in [3.8, 4) is 0 Å². The Labute approximate surface area is 155 Å². The smallest absolute Gasteiger partial charge is 0.254 e. The molecule has 0 spiro atoms. The van der Waals surface area contributed by atoms with Crippen LogP contribution >= 0.6 is 0 Å². The van der Waals surface area contributed by atoms with Crippen molar-refractivity contribution in [2.75, 3.05) is 13.6 Å². The highest BCUT2D eigenvalue weighted by Gasteiger charge is 2.28. The molecule has 0 aliphatic carbocycles. The lowest BCUT2D eigenvalue weighted by Gasteiger charge is -2.29. The highest BCUT2D eigenvalue weighted by atomic mass is 16.2. The van der Waals surface area contributed by atoms with Crippen LogP contribution in [0.25, 0.3) is 0 Å². The fourth-order valence-corrected chi connectivity index (χ4v) is 2.60. The van der Waals surface area contributed by atoms with Gasteiger partial charge in [-0.3, -0.25) is 9.59 Å². The van der Waals surface area contributed by atoms with Crippen molar-refractivity contribution in [3.05, 3.63) is 71.8 Å². The molecule has 0 unspecified atom stereocenters. The van der Waals surface area contributed by atoms with Gasteiger partial charge in [-0.2, -0.15) is 0 Å². The van der Waals surface area contributed by atoms with Gasteiger partial charge in [-0.1, -0.05) is 48.5 Å². The Kier molecular flexibility index (Phi) is 6.52. The monoisotopic (exact) mass is 353 g/mol. The number of nitrogens with zero attached hydrogens (tertiary/aromatic N) is 1. The SMILES string of the molecule is CN(C(=O)c1ccccc1)[C@@H](Cc1ccccc1)C(=O)NCC(C)(C)N. The Morgan fingerprint density at radius 3 is 2.12 bits per heavy atom. The summed E-state index contributed by atoms with van der Waals surface area (Å²) in [6.07, 6.45) is 0.437. The zero-order valence-electron chi connectivity index (χ0n) is 15.6. The number of carbonyl (C=O) groups excluding carboxylic acids is 2. The predicted molar refractivity (Wildman–Crippen MR) is 104 cm³/mol. The number of likely N-dealkylation sites (N-methyl/N-ethyl adjacent to an activating group) is 1. The van der Waals surface area contributed by atoms with Gasteiger partial charge in [0.15, 0.2) is 0 Å². The minimum Gasteiger partial charge on any atom is -0.352 e. The fraction of sp³-hybridized carbons (Fsp3) is 0.333. The molecule has 138 valence electrons. The number of carbonyl (C=O) groups is 2. The first-order chi connectivity index (χ1) is 12.3. The lowest BCUT2D eigenvalue weighted by molar-refractivity contribution is -0.125. The lowest BCUT2D eigenvalue weighted by atomic mass is 10.0. The van der Waals surface area contributed by atoms with Crippen LogP contribution in [0.3, 0.4) is 0 Å². The van der Waals surface area contributed by atoms with Gasteiger partial charge in [0.2, 0.25) is 5.91 Å². The zero-order chi connectivity index (χ0) is 19.2. The summed E-state index contributed by atoms with van der Waals surface area (Å²) in [5.41, 5.74) is 7.00. The van der Waals surface area contributed by atoms with Gasteiger partial charge in [-0.05, 0) is 31.5 Å². The largest absolute Gasteiger partial charge is 0.352 e. The summed E-state index contributed by atoms with van der Waals surface area (Å²) in [5, 5.41) is 2.87. The van der Waals surface area contributed by atoms with Crippen LogP contribution < -0.4 is 11.1 Å². The highest BCUT2D eigenvalue weighted by molar-refractivity contribution is 5.97. The summed E-state index contributed by atoms with van der Waals surface area (Å²) in [5.74, 6) is -0.396. The van der Waals surface area contributed by atoms with E-state index in [1.54, 1.807) is 19.2 Å². The van der Waals surface area contributed by atoms with E-state index in [1.807, 2.05) is 62.4 Å². The molecule has 0 radical (unpaired) electrons. The standard InChI is InChI=1S/C21H27N3O2/c1-21(2,22)15-23-19(25)18(14-16-10-6-4-7-11-16)24(3)20(26)17-12-8-5-9-13-17/h4-13,18H,14-15,22H2,1-3H3,(H,23,25)/t18-/m0/s1. The van der Waals surface area contributed by atoms with Crippen LogP contribution in [-0.4, -0.2) is 41.9 Å². The second kappa shape index (κ2) is 8.63. The molecule has 0 aliphatic heterocycles. The number of hydrogen-bond acceptors (Lipinski definition) is 3. The molecule has 2 aromatic carbocycles. The van der Waals surface area contributed by atoms with Crippen LogP contribution in [0.15, 0.2) is 60.7 Å². The molecule has 3 N–H and O–H groups in total. The maximum Gasteiger partial charge on any atom is 0.254 e. The first kappa shape index (κ1) is 19.7. The maximum absolute atomic E-state index is 12.8. The van der Waals surface area contributed by atoms with Crippen molar-refractivity contribution in [1.82, 2.24) is 10.2 Å². The second-order valence-corrected chi connectivity index (χ2v) is 7.19. The van der Waals surface area contributed by atoms with Crippen molar-refractivity contribution < 1.29 is 9.59 Å². The molecule has 5 nitrogen and oxygen atoms in total. The molecule has 0 bridgehead atoms. The normalized spacial score (nSPS) is 12.3. The van der Waals surface area contributed by atoms with Gasteiger partial charge >= 0.3 is 0 Å². The van der Waals surface area contributed by atoms with Crippen LogP contribution in [0.1, 0.15) is 29.8 Å². The minimum atomic E-state index is -0.618. The Balaban J connectivity index is 2.21. The third-order valence-corrected chi connectivity index (χ3v) is 4.10. The third kappa shape index (κ3) is 5.70. The molecule has 2 amide bonds. The van der Waals surface area contributed by atoms with E-state index in [4.69, 9.17) is 5.73 Å². The zero-order valence-corrected chi connectivity index (χ0v) is 15.6. The second-order valence-electron chi connectivity index (χ2n) is 7.19. The summed E-state index contributed by atoms with van der Waals surface area (Å²) in [7, 11) is 1.66. The molecule has 5 heteroatoms. The first-order valence-corrected chi connectivity index (χ1v) is 8.70. The van der Waals surface area contributed by atoms with E-state index in [0.29, 0.717) is 18.5 Å². The molecule has 26 heavy (non-hydrogen) atoms. The molecular formula is C21H27N3O2. The van der Waals surface area contributed by atoms with Crippen LogP contribution in [0.5, 0.6) is 0 Å². The van der Waals surface area contributed by atoms with Gasteiger partial charge in [0, 0.05) is 31.1 Å². The number of benzene rings is 2. The summed E-state index contributed by atoms with van der Waals surface area (Å²) in [4.78, 5) is 27.1. The molecule has 2 aromatic rings. The highest BCUT2D eigenvalue weighted by Crippen LogP contribution is 2.12. The molecule has 0 aromatic heterocycles. The summed E-state index contributed by atoms with van der Waals surface area (Å²) < 4.78 is 0. The third-order valence-electron chi connectivity index (χ3n) is 4.10. The summed E-state index contributed by atoms with van der Waals surface area (Å²) in [6.45, 7) is 4.03. The molecule has 0 saturated carbocycles. The van der Waals surface area contributed by atoms with Crippen LogP contribution in [0.4, 0.5) is 0 Å². The summed E-state index contributed by atoms with van der Waals surface area (Å²) >= 11 is 0. The quantitative estimate of drug-likeness (QED) is 0.801. The van der Waals surface area contributed by atoms with Gasteiger partial charge in [-0.15, -0.1) is 0 Å². The average Bonchev–Trinajstić information content (AvgIpc) is 2.64. The maximum atomic E-state index is 12.8.